The summed E-state index contributed by atoms with van der Waals surface area (Å²) in [4.78, 5) is 11.0. The Kier molecular flexibility index (Phi) is 6.63. The van der Waals surface area contributed by atoms with Crippen LogP contribution in [0.3, 0.4) is 0 Å². The average Bonchev–Trinajstić information content (AvgIpc) is 2.60. The molecule has 2 aromatic carbocycles. The molecular formula is C19H22O5. The number of hydrogen-bond acceptors (Lipinski definition) is 5. The first-order valence-corrected chi connectivity index (χ1v) is 7.86. The molecule has 0 saturated heterocycles. The van der Waals surface area contributed by atoms with Crippen molar-refractivity contribution in [3.05, 3.63) is 60.2 Å². The Morgan fingerprint density at radius 3 is 2.29 bits per heavy atom. The quantitative estimate of drug-likeness (QED) is 0.753. The highest BCUT2D eigenvalue weighted by molar-refractivity contribution is 5.65. The SMILES string of the molecule is CCOc1ccccc1O[C@@H](c1ccccc1)[C@H](O)COC(C)=O. The number of esters is 1. The molecule has 0 aliphatic heterocycles. The van der Waals surface area contributed by atoms with Gasteiger partial charge in [-0.15, -0.1) is 0 Å². The minimum atomic E-state index is -1.01. The Bertz CT molecular complexity index is 641. The van der Waals surface area contributed by atoms with Gasteiger partial charge in [0, 0.05) is 6.92 Å². The second-order valence-electron chi connectivity index (χ2n) is 5.20. The highest BCUT2D eigenvalue weighted by atomic mass is 16.6. The fraction of sp³-hybridized carbons (Fsp3) is 0.316. The molecule has 2 atom stereocenters. The van der Waals surface area contributed by atoms with Crippen molar-refractivity contribution in [3.8, 4) is 11.5 Å². The lowest BCUT2D eigenvalue weighted by Gasteiger charge is -2.25. The van der Waals surface area contributed by atoms with Crippen LogP contribution < -0.4 is 9.47 Å². The summed E-state index contributed by atoms with van der Waals surface area (Å²) in [6.07, 6.45) is -1.70. The number of para-hydroxylation sites is 2. The molecule has 0 aliphatic rings. The van der Waals surface area contributed by atoms with Gasteiger partial charge in [-0.05, 0) is 24.6 Å². The van der Waals surface area contributed by atoms with Gasteiger partial charge in [0.25, 0.3) is 0 Å². The normalized spacial score (nSPS) is 13.0. The molecule has 24 heavy (non-hydrogen) atoms. The maximum Gasteiger partial charge on any atom is 0.302 e. The zero-order valence-corrected chi connectivity index (χ0v) is 13.8. The molecule has 2 rings (SSSR count). The molecule has 5 nitrogen and oxygen atoms in total. The van der Waals surface area contributed by atoms with Gasteiger partial charge in [0.2, 0.25) is 0 Å². The van der Waals surface area contributed by atoms with E-state index in [1.165, 1.54) is 6.92 Å². The lowest BCUT2D eigenvalue weighted by atomic mass is 10.0. The summed E-state index contributed by atoms with van der Waals surface area (Å²) in [6.45, 7) is 3.55. The molecule has 5 heteroatoms. The van der Waals surface area contributed by atoms with E-state index >= 15 is 0 Å². The van der Waals surface area contributed by atoms with Gasteiger partial charge in [0.15, 0.2) is 17.6 Å². The van der Waals surface area contributed by atoms with Crippen LogP contribution in [-0.4, -0.2) is 30.4 Å². The maximum absolute atomic E-state index is 11.0. The molecule has 0 saturated carbocycles. The van der Waals surface area contributed by atoms with Crippen molar-refractivity contribution >= 4 is 5.97 Å². The maximum atomic E-state index is 11.0. The second-order valence-corrected chi connectivity index (χ2v) is 5.20. The van der Waals surface area contributed by atoms with E-state index in [4.69, 9.17) is 14.2 Å². The summed E-state index contributed by atoms with van der Waals surface area (Å²) >= 11 is 0. The molecule has 0 radical (unpaired) electrons. The van der Waals surface area contributed by atoms with Crippen LogP contribution in [0.1, 0.15) is 25.5 Å². The molecule has 2 aromatic rings. The summed E-state index contributed by atoms with van der Waals surface area (Å²) in [7, 11) is 0. The van der Waals surface area contributed by atoms with Gasteiger partial charge < -0.3 is 19.3 Å². The Morgan fingerprint density at radius 2 is 1.67 bits per heavy atom. The third-order valence-corrected chi connectivity index (χ3v) is 3.34. The van der Waals surface area contributed by atoms with Crippen LogP contribution in [0.5, 0.6) is 11.5 Å². The summed E-state index contributed by atoms with van der Waals surface area (Å²) in [6, 6.07) is 16.6. The largest absolute Gasteiger partial charge is 0.490 e. The molecule has 0 amide bonds. The topological polar surface area (TPSA) is 65.0 Å². The number of benzene rings is 2. The first kappa shape index (κ1) is 17.8. The van der Waals surface area contributed by atoms with E-state index in [-0.39, 0.29) is 6.61 Å². The number of ether oxygens (including phenoxy) is 3. The Morgan fingerprint density at radius 1 is 1.04 bits per heavy atom. The minimum Gasteiger partial charge on any atom is -0.490 e. The fourth-order valence-electron chi connectivity index (χ4n) is 2.26. The number of aliphatic hydroxyl groups is 1. The number of rotatable bonds is 8. The van der Waals surface area contributed by atoms with Crippen LogP contribution >= 0.6 is 0 Å². The Hall–Kier alpha value is -2.53. The van der Waals surface area contributed by atoms with Crippen LogP contribution in [0.25, 0.3) is 0 Å². The predicted octanol–water partition coefficient (Wildman–Crippen LogP) is 3.13. The molecule has 0 spiro atoms. The van der Waals surface area contributed by atoms with Crippen LogP contribution in [0, 0.1) is 0 Å². The van der Waals surface area contributed by atoms with Gasteiger partial charge in [-0.1, -0.05) is 42.5 Å². The molecule has 1 N–H and O–H groups in total. The molecule has 128 valence electrons. The van der Waals surface area contributed by atoms with Gasteiger partial charge in [-0.25, -0.2) is 0 Å². The Balaban J connectivity index is 2.24. The van der Waals surface area contributed by atoms with E-state index in [0.29, 0.717) is 18.1 Å². The van der Waals surface area contributed by atoms with E-state index < -0.39 is 18.2 Å². The molecule has 0 aliphatic carbocycles. The average molecular weight is 330 g/mol. The smallest absolute Gasteiger partial charge is 0.302 e. The standard InChI is InChI=1S/C19H22O5/c1-3-22-17-11-7-8-12-18(17)24-19(15-9-5-4-6-10-15)16(21)13-23-14(2)20/h4-12,16,19,21H,3,13H2,1-2H3/t16-,19+/m1/s1. The van der Waals surface area contributed by atoms with Crippen LogP contribution in [0.15, 0.2) is 54.6 Å². The summed E-state index contributed by atoms with van der Waals surface area (Å²) in [5, 5.41) is 10.5. The highest BCUT2D eigenvalue weighted by Gasteiger charge is 2.25. The monoisotopic (exact) mass is 330 g/mol. The van der Waals surface area contributed by atoms with E-state index in [1.807, 2.05) is 49.4 Å². The van der Waals surface area contributed by atoms with Crippen molar-refractivity contribution in [2.24, 2.45) is 0 Å². The lowest BCUT2D eigenvalue weighted by molar-refractivity contribution is -0.146. The first-order chi connectivity index (χ1) is 11.6. The van der Waals surface area contributed by atoms with Crippen LogP contribution in [0.2, 0.25) is 0 Å². The zero-order chi connectivity index (χ0) is 17.4. The summed E-state index contributed by atoms with van der Waals surface area (Å²) in [5.41, 5.74) is 0.781. The molecule has 0 heterocycles. The van der Waals surface area contributed by atoms with E-state index in [2.05, 4.69) is 0 Å². The van der Waals surface area contributed by atoms with Crippen molar-refractivity contribution < 1.29 is 24.1 Å². The predicted molar refractivity (Wildman–Crippen MR) is 90.1 cm³/mol. The lowest BCUT2D eigenvalue weighted by Crippen LogP contribution is -2.29. The van der Waals surface area contributed by atoms with Crippen LogP contribution in [-0.2, 0) is 9.53 Å². The van der Waals surface area contributed by atoms with Crippen molar-refractivity contribution in [1.29, 1.82) is 0 Å². The number of hydrogen-bond donors (Lipinski definition) is 1. The summed E-state index contributed by atoms with van der Waals surface area (Å²) < 4.78 is 16.5. The second kappa shape index (κ2) is 8.93. The van der Waals surface area contributed by atoms with Crippen molar-refractivity contribution in [2.45, 2.75) is 26.1 Å². The van der Waals surface area contributed by atoms with Crippen molar-refractivity contribution in [1.82, 2.24) is 0 Å². The molecule has 0 fully saturated rings. The van der Waals surface area contributed by atoms with Gasteiger partial charge in [-0.3, -0.25) is 4.79 Å². The van der Waals surface area contributed by atoms with Gasteiger partial charge in [0.1, 0.15) is 12.7 Å². The molecule has 0 bridgehead atoms. The van der Waals surface area contributed by atoms with E-state index in [9.17, 15) is 9.90 Å². The zero-order valence-electron chi connectivity index (χ0n) is 13.8. The number of carbonyl (C=O) groups excluding carboxylic acids is 1. The fourth-order valence-corrected chi connectivity index (χ4v) is 2.26. The Labute approximate surface area is 141 Å². The number of carbonyl (C=O) groups is 1. The summed E-state index contributed by atoms with van der Waals surface area (Å²) in [5.74, 6) is 0.672. The van der Waals surface area contributed by atoms with Gasteiger partial charge in [0.05, 0.1) is 6.61 Å². The van der Waals surface area contributed by atoms with Crippen molar-refractivity contribution in [2.75, 3.05) is 13.2 Å². The third kappa shape index (κ3) is 4.99. The minimum absolute atomic E-state index is 0.147. The molecular weight excluding hydrogens is 308 g/mol. The first-order valence-electron chi connectivity index (χ1n) is 7.86. The third-order valence-electron chi connectivity index (χ3n) is 3.34. The molecule has 0 aromatic heterocycles. The molecule has 0 unspecified atom stereocenters. The van der Waals surface area contributed by atoms with Gasteiger partial charge in [-0.2, -0.15) is 0 Å². The van der Waals surface area contributed by atoms with Crippen LogP contribution in [0.4, 0.5) is 0 Å². The van der Waals surface area contributed by atoms with E-state index in [0.717, 1.165) is 5.56 Å². The highest BCUT2D eigenvalue weighted by Crippen LogP contribution is 2.32. The van der Waals surface area contributed by atoms with Gasteiger partial charge >= 0.3 is 5.97 Å². The van der Waals surface area contributed by atoms with E-state index in [1.54, 1.807) is 12.1 Å². The van der Waals surface area contributed by atoms with Crippen molar-refractivity contribution in [3.63, 3.8) is 0 Å². The number of aliphatic hydroxyl groups excluding tert-OH is 1.